The van der Waals surface area contributed by atoms with Crippen molar-refractivity contribution in [1.82, 2.24) is 0 Å². The standard InChI is InChI=1S/C55H56N2O7/c1-2-3-4-5-6-7-8-10-36-62-51-34-28-48(29-35-51)57-41-43-18-22-46(23-19-43)54(58)63-52-14-13-15-53(39-52)64-55(59)47-26-32-50(33-27-47)61-38-12-9-11-37-60-49-30-24-45(25-31-49)44-20-16-42(40-56)17-21-44/h13-35,39,41H,2-12,36-38H2,1H3. The van der Waals surface area contributed by atoms with Gasteiger partial charge >= 0.3 is 11.9 Å². The fourth-order valence-corrected chi connectivity index (χ4v) is 6.77. The number of ether oxygens (including phenoxy) is 5. The van der Waals surface area contributed by atoms with E-state index in [1.807, 2.05) is 72.8 Å². The van der Waals surface area contributed by atoms with Crippen LogP contribution in [0.5, 0.6) is 28.7 Å². The van der Waals surface area contributed by atoms with Crippen LogP contribution in [0.4, 0.5) is 5.69 Å². The lowest BCUT2D eigenvalue weighted by Crippen LogP contribution is -2.10. The molecular formula is C55H56N2O7. The minimum absolute atomic E-state index is 0.245. The smallest absolute Gasteiger partial charge is 0.343 e. The molecule has 0 aliphatic rings. The molecule has 6 aromatic carbocycles. The van der Waals surface area contributed by atoms with E-state index in [4.69, 9.17) is 28.9 Å². The monoisotopic (exact) mass is 856 g/mol. The Balaban J connectivity index is 0.850. The zero-order valence-corrected chi connectivity index (χ0v) is 36.6. The van der Waals surface area contributed by atoms with Crippen LogP contribution >= 0.6 is 0 Å². The molecule has 9 heteroatoms. The Hall–Kier alpha value is -7.18. The van der Waals surface area contributed by atoms with Crippen molar-refractivity contribution in [2.24, 2.45) is 4.99 Å². The first-order chi connectivity index (χ1) is 31.4. The van der Waals surface area contributed by atoms with Crippen LogP contribution in [0.1, 0.15) is 109 Å². The molecule has 0 saturated carbocycles. The van der Waals surface area contributed by atoms with Crippen molar-refractivity contribution < 1.29 is 33.3 Å². The SMILES string of the molecule is CCCCCCCCCCOc1ccc(N=Cc2ccc(C(=O)Oc3cccc(OC(=O)c4ccc(OCCCCCOc5ccc(-c6ccc(C#N)cc6)cc5)cc4)c3)cc2)cc1. The third-order valence-corrected chi connectivity index (χ3v) is 10.5. The molecule has 0 radical (unpaired) electrons. The predicted molar refractivity (Wildman–Crippen MR) is 252 cm³/mol. The molecule has 0 aliphatic heterocycles. The maximum absolute atomic E-state index is 13.0. The second kappa shape index (κ2) is 25.7. The molecule has 0 heterocycles. The van der Waals surface area contributed by atoms with Crippen LogP contribution in [-0.4, -0.2) is 38.0 Å². The van der Waals surface area contributed by atoms with E-state index in [-0.39, 0.29) is 11.5 Å². The zero-order valence-electron chi connectivity index (χ0n) is 36.6. The van der Waals surface area contributed by atoms with Crippen molar-refractivity contribution in [3.63, 3.8) is 0 Å². The Morgan fingerprint density at radius 3 is 1.42 bits per heavy atom. The fraction of sp³-hybridized carbons (Fsp3) is 0.273. The van der Waals surface area contributed by atoms with E-state index in [0.717, 1.165) is 66.2 Å². The van der Waals surface area contributed by atoms with E-state index in [2.05, 4.69) is 18.0 Å². The van der Waals surface area contributed by atoms with Crippen molar-refractivity contribution >= 4 is 23.8 Å². The summed E-state index contributed by atoms with van der Waals surface area (Å²) in [6, 6.07) is 45.5. The lowest BCUT2D eigenvalue weighted by molar-refractivity contribution is 0.0732. The number of nitriles is 1. The molecule has 0 aromatic heterocycles. The van der Waals surface area contributed by atoms with Gasteiger partial charge in [-0.2, -0.15) is 5.26 Å². The van der Waals surface area contributed by atoms with E-state index in [9.17, 15) is 9.59 Å². The quantitative estimate of drug-likeness (QED) is 0.0242. The highest BCUT2D eigenvalue weighted by atomic mass is 16.5. The van der Waals surface area contributed by atoms with E-state index in [1.54, 1.807) is 72.9 Å². The Labute approximate surface area is 377 Å². The minimum atomic E-state index is -0.547. The number of benzene rings is 6. The topological polar surface area (TPSA) is 116 Å². The number of rotatable bonds is 25. The van der Waals surface area contributed by atoms with Crippen LogP contribution in [0, 0.1) is 11.3 Å². The first-order valence-corrected chi connectivity index (χ1v) is 22.3. The third-order valence-electron chi connectivity index (χ3n) is 10.5. The molecule has 0 unspecified atom stereocenters. The number of hydrogen-bond acceptors (Lipinski definition) is 9. The molecule has 64 heavy (non-hydrogen) atoms. The van der Waals surface area contributed by atoms with Crippen LogP contribution in [0.2, 0.25) is 0 Å². The molecule has 0 spiro atoms. The van der Waals surface area contributed by atoms with E-state index in [1.165, 1.54) is 51.0 Å². The molecule has 0 aliphatic carbocycles. The number of hydrogen-bond donors (Lipinski definition) is 0. The van der Waals surface area contributed by atoms with Crippen LogP contribution < -0.4 is 23.7 Å². The van der Waals surface area contributed by atoms with E-state index < -0.39 is 11.9 Å². The summed E-state index contributed by atoms with van der Waals surface area (Å²) in [6.45, 7) is 4.11. The van der Waals surface area contributed by atoms with Gasteiger partial charge in [-0.25, -0.2) is 9.59 Å². The maximum Gasteiger partial charge on any atom is 0.343 e. The normalized spacial score (nSPS) is 10.9. The maximum atomic E-state index is 13.0. The summed E-state index contributed by atoms with van der Waals surface area (Å²) in [5.41, 5.74) is 5.12. The van der Waals surface area contributed by atoms with Gasteiger partial charge in [0.2, 0.25) is 0 Å². The van der Waals surface area contributed by atoms with Gasteiger partial charge in [0.25, 0.3) is 0 Å². The van der Waals surface area contributed by atoms with Gasteiger partial charge in [-0.3, -0.25) is 4.99 Å². The Kier molecular flexibility index (Phi) is 18.6. The van der Waals surface area contributed by atoms with Crippen LogP contribution in [0.15, 0.2) is 151 Å². The fourth-order valence-electron chi connectivity index (χ4n) is 6.77. The summed E-state index contributed by atoms with van der Waals surface area (Å²) in [4.78, 5) is 30.4. The Bertz CT molecular complexity index is 2400. The Morgan fingerprint density at radius 1 is 0.500 bits per heavy atom. The predicted octanol–water partition coefficient (Wildman–Crippen LogP) is 13.6. The molecule has 328 valence electrons. The second-order valence-corrected chi connectivity index (χ2v) is 15.4. The van der Waals surface area contributed by atoms with Crippen molar-refractivity contribution in [2.75, 3.05) is 19.8 Å². The van der Waals surface area contributed by atoms with Gasteiger partial charge in [0, 0.05) is 12.3 Å². The minimum Gasteiger partial charge on any atom is -0.494 e. The molecule has 0 amide bonds. The van der Waals surface area contributed by atoms with Crippen molar-refractivity contribution in [1.29, 1.82) is 5.26 Å². The molecule has 0 N–H and O–H groups in total. The molecule has 0 bridgehead atoms. The number of unbranched alkanes of at least 4 members (excludes halogenated alkanes) is 9. The number of nitrogens with zero attached hydrogens (tertiary/aromatic N) is 2. The van der Waals surface area contributed by atoms with Crippen molar-refractivity contribution in [3.8, 4) is 45.9 Å². The van der Waals surface area contributed by atoms with E-state index >= 15 is 0 Å². The molecular weight excluding hydrogens is 801 g/mol. The highest BCUT2D eigenvalue weighted by Gasteiger charge is 2.13. The molecule has 0 fully saturated rings. The first-order valence-electron chi connectivity index (χ1n) is 22.3. The third kappa shape index (κ3) is 15.6. The number of carbonyl (C=O) groups excluding carboxylic acids is 2. The van der Waals surface area contributed by atoms with Gasteiger partial charge in [0.05, 0.1) is 48.3 Å². The highest BCUT2D eigenvalue weighted by Crippen LogP contribution is 2.25. The number of esters is 2. The molecule has 6 aromatic rings. The average molecular weight is 857 g/mol. The summed E-state index contributed by atoms with van der Waals surface area (Å²) in [6.07, 6.45) is 14.6. The van der Waals surface area contributed by atoms with Crippen LogP contribution in [-0.2, 0) is 0 Å². The summed E-state index contributed by atoms with van der Waals surface area (Å²) in [5.74, 6) is 1.72. The van der Waals surface area contributed by atoms with Gasteiger partial charge < -0.3 is 23.7 Å². The van der Waals surface area contributed by atoms with Gasteiger partial charge in [-0.15, -0.1) is 0 Å². The van der Waals surface area contributed by atoms with Crippen molar-refractivity contribution in [2.45, 2.75) is 77.6 Å². The highest BCUT2D eigenvalue weighted by molar-refractivity contribution is 5.93. The lowest BCUT2D eigenvalue weighted by Gasteiger charge is -2.09. The zero-order chi connectivity index (χ0) is 44.6. The average Bonchev–Trinajstić information content (AvgIpc) is 3.33. The van der Waals surface area contributed by atoms with Crippen LogP contribution in [0.3, 0.4) is 0 Å². The summed E-state index contributed by atoms with van der Waals surface area (Å²) in [7, 11) is 0. The largest absolute Gasteiger partial charge is 0.494 e. The number of aliphatic imine (C=N–C) groups is 1. The summed E-state index contributed by atoms with van der Waals surface area (Å²) < 4.78 is 28.9. The molecule has 9 nitrogen and oxygen atoms in total. The van der Waals surface area contributed by atoms with Gasteiger partial charge in [-0.05, 0) is 139 Å². The van der Waals surface area contributed by atoms with Crippen molar-refractivity contribution in [3.05, 3.63) is 168 Å². The number of carbonyl (C=O) groups is 2. The second-order valence-electron chi connectivity index (χ2n) is 15.4. The first kappa shape index (κ1) is 46.3. The molecule has 0 atom stereocenters. The summed E-state index contributed by atoms with van der Waals surface area (Å²) in [5, 5.41) is 9.00. The van der Waals surface area contributed by atoms with Gasteiger partial charge in [0.15, 0.2) is 0 Å². The lowest BCUT2D eigenvalue weighted by atomic mass is 10.0. The molecule has 0 saturated heterocycles. The molecule has 6 rings (SSSR count). The summed E-state index contributed by atoms with van der Waals surface area (Å²) >= 11 is 0. The van der Waals surface area contributed by atoms with Gasteiger partial charge in [-0.1, -0.05) is 94.3 Å². The van der Waals surface area contributed by atoms with Crippen LogP contribution in [0.25, 0.3) is 11.1 Å². The van der Waals surface area contributed by atoms with Gasteiger partial charge in [0.1, 0.15) is 28.7 Å². The van der Waals surface area contributed by atoms with E-state index in [0.29, 0.717) is 35.7 Å². The Morgan fingerprint density at radius 2 is 0.922 bits per heavy atom.